The van der Waals surface area contributed by atoms with Gasteiger partial charge in [-0.2, -0.15) is 4.57 Å². The molecule has 0 atom stereocenters. The topological polar surface area (TPSA) is 65.6 Å². The van der Waals surface area contributed by atoms with E-state index < -0.39 is 0 Å². The minimum absolute atomic E-state index is 0.0404. The fourth-order valence-electron chi connectivity index (χ4n) is 3.02. The molecule has 3 aromatic rings. The van der Waals surface area contributed by atoms with Crippen molar-refractivity contribution in [1.82, 2.24) is 0 Å². The smallest absolute Gasteiger partial charge is 0.288 e. The van der Waals surface area contributed by atoms with E-state index in [2.05, 4.69) is 5.32 Å². The van der Waals surface area contributed by atoms with Crippen molar-refractivity contribution in [3.05, 3.63) is 89.2 Å². The number of methoxy groups -OCH3 is 1. The highest BCUT2D eigenvalue weighted by Crippen LogP contribution is 2.23. The molecule has 0 bridgehead atoms. The van der Waals surface area contributed by atoms with Crippen LogP contribution in [0.5, 0.6) is 5.75 Å². The Balaban J connectivity index is 2.10. The van der Waals surface area contributed by atoms with Gasteiger partial charge in [-0.05, 0) is 49.2 Å². The molecule has 0 fully saturated rings. The molecule has 0 amide bonds. The number of ether oxygens (including phenoxy) is 1. The summed E-state index contributed by atoms with van der Waals surface area (Å²) in [5, 5.41) is 23.9. The molecule has 3 rings (SSSR count). The van der Waals surface area contributed by atoms with E-state index in [1.807, 2.05) is 56.3 Å². The zero-order valence-corrected chi connectivity index (χ0v) is 18.0. The van der Waals surface area contributed by atoms with Gasteiger partial charge in [-0.3, -0.25) is 0 Å². The Morgan fingerprint density at radius 2 is 1.87 bits per heavy atom. The summed E-state index contributed by atoms with van der Waals surface area (Å²) in [6.07, 6.45) is 3.53. The molecule has 1 heterocycles. The normalized spacial score (nSPS) is 11.6. The van der Waals surface area contributed by atoms with Gasteiger partial charge in [0.15, 0.2) is 23.1 Å². The molecule has 0 saturated carbocycles. The summed E-state index contributed by atoms with van der Waals surface area (Å²) in [5.41, 5.74) is 4.71. The van der Waals surface area contributed by atoms with Gasteiger partial charge < -0.3 is 20.3 Å². The first-order valence-corrected chi connectivity index (χ1v) is 9.91. The predicted octanol–water partition coefficient (Wildman–Crippen LogP) is 4.42. The number of benzene rings is 2. The molecule has 3 N–H and O–H groups in total. The van der Waals surface area contributed by atoms with E-state index >= 15 is 0 Å². The molecule has 154 valence electrons. The highest BCUT2D eigenvalue weighted by Gasteiger charge is 2.24. The molecule has 6 heteroatoms. The van der Waals surface area contributed by atoms with Crippen LogP contribution in [0.15, 0.2) is 67.0 Å². The highest BCUT2D eigenvalue weighted by molar-refractivity contribution is 7.81. The summed E-state index contributed by atoms with van der Waals surface area (Å²) in [7, 11) is 1.60. The van der Waals surface area contributed by atoms with Crippen LogP contribution in [-0.4, -0.2) is 22.3 Å². The second-order valence-electron chi connectivity index (χ2n) is 6.96. The summed E-state index contributed by atoms with van der Waals surface area (Å²) >= 11 is 5.68. The summed E-state index contributed by atoms with van der Waals surface area (Å²) in [6.45, 7) is 3.90. The maximum absolute atomic E-state index is 11.2. The quantitative estimate of drug-likeness (QED) is 0.238. The first kappa shape index (κ1) is 21.5. The lowest BCUT2D eigenvalue weighted by molar-refractivity contribution is -0.576. The first-order valence-electron chi connectivity index (χ1n) is 9.50. The van der Waals surface area contributed by atoms with Crippen LogP contribution in [0, 0.1) is 13.8 Å². The highest BCUT2D eigenvalue weighted by atomic mass is 32.1. The summed E-state index contributed by atoms with van der Waals surface area (Å²) in [5.74, 6) is 0.736. The van der Waals surface area contributed by atoms with Gasteiger partial charge in [0.25, 0.3) is 5.70 Å². The largest absolute Gasteiger partial charge is 0.502 e. The van der Waals surface area contributed by atoms with Crippen LogP contribution < -0.4 is 14.6 Å². The van der Waals surface area contributed by atoms with Gasteiger partial charge in [-0.15, -0.1) is 0 Å². The van der Waals surface area contributed by atoms with Crippen molar-refractivity contribution in [2.75, 3.05) is 12.4 Å². The fourth-order valence-corrected chi connectivity index (χ4v) is 3.34. The zero-order chi connectivity index (χ0) is 21.7. The van der Waals surface area contributed by atoms with Gasteiger partial charge in [0, 0.05) is 28.9 Å². The Morgan fingerprint density at radius 1 is 1.07 bits per heavy atom. The van der Waals surface area contributed by atoms with Crippen molar-refractivity contribution in [3.8, 4) is 5.75 Å². The Bertz CT molecular complexity index is 1110. The van der Waals surface area contributed by atoms with Crippen LogP contribution in [0.25, 0.3) is 11.5 Å². The minimum atomic E-state index is -0.116. The monoisotopic (exact) mass is 421 g/mol. The van der Waals surface area contributed by atoms with E-state index in [4.69, 9.17) is 17.0 Å². The lowest BCUT2D eigenvalue weighted by atomic mass is 10.0. The molecule has 0 aliphatic carbocycles. The van der Waals surface area contributed by atoms with Crippen LogP contribution >= 0.6 is 12.2 Å². The van der Waals surface area contributed by atoms with Crippen molar-refractivity contribution in [3.63, 3.8) is 0 Å². The van der Waals surface area contributed by atoms with Gasteiger partial charge in [0.05, 0.1) is 13.7 Å². The summed E-state index contributed by atoms with van der Waals surface area (Å²) in [4.78, 5) is 0.332. The van der Waals surface area contributed by atoms with Gasteiger partial charge >= 0.3 is 0 Å². The van der Waals surface area contributed by atoms with Crippen molar-refractivity contribution < 1.29 is 19.5 Å². The van der Waals surface area contributed by atoms with Gasteiger partial charge in [-0.25, -0.2) is 0 Å². The third-order valence-electron chi connectivity index (χ3n) is 4.85. The van der Waals surface area contributed by atoms with Crippen LogP contribution in [0.2, 0.25) is 0 Å². The standard InChI is InChI=1S/C24H24N2O3S/c1-16-9-10-19(12-17(16)2)23(28)22(26-11-5-6-18(14-26)15-27)24(30)25-20-7-4-8-21(13-20)29-3/h4-14,27H,15H2,1-3H3,(H-,25,28,30)/p+1. The predicted molar refractivity (Wildman–Crippen MR) is 123 cm³/mol. The number of pyridine rings is 1. The lowest BCUT2D eigenvalue weighted by Crippen LogP contribution is -2.39. The second-order valence-corrected chi connectivity index (χ2v) is 7.37. The molecule has 2 aromatic carbocycles. The third kappa shape index (κ3) is 4.84. The molecule has 0 radical (unpaired) electrons. The average molecular weight is 422 g/mol. The number of aliphatic hydroxyl groups excluding tert-OH is 2. The van der Waals surface area contributed by atoms with Gasteiger partial charge in [-0.1, -0.05) is 30.4 Å². The number of aliphatic hydroxyl groups is 2. The average Bonchev–Trinajstić information content (AvgIpc) is 2.76. The number of thiocarbonyl (C=S) groups is 1. The van der Waals surface area contributed by atoms with Crippen molar-refractivity contribution in [1.29, 1.82) is 0 Å². The first-order chi connectivity index (χ1) is 14.4. The molecule has 5 nitrogen and oxygen atoms in total. The SMILES string of the molecule is COc1cccc(NC(=S)C(=C(O)c2ccc(C)c(C)c2)[n+]2cccc(CO)c2)c1. The number of rotatable bonds is 6. The molecule has 1 aromatic heterocycles. The number of anilines is 1. The van der Waals surface area contributed by atoms with E-state index in [-0.39, 0.29) is 12.4 Å². The van der Waals surface area contributed by atoms with E-state index in [0.717, 1.165) is 16.8 Å². The molecule has 0 saturated heterocycles. The minimum Gasteiger partial charge on any atom is -0.502 e. The maximum atomic E-state index is 11.2. The van der Waals surface area contributed by atoms with Crippen LogP contribution in [0.1, 0.15) is 22.3 Å². The fraction of sp³-hybridized carbons (Fsp3) is 0.167. The Morgan fingerprint density at radius 3 is 2.57 bits per heavy atom. The Hall–Kier alpha value is -3.22. The Labute approximate surface area is 181 Å². The molecule has 0 unspecified atom stereocenters. The second kappa shape index (κ2) is 9.52. The summed E-state index contributed by atoms with van der Waals surface area (Å²) in [6, 6.07) is 16.8. The molecule has 0 aliphatic heterocycles. The summed E-state index contributed by atoms with van der Waals surface area (Å²) < 4.78 is 6.99. The molecular formula is C24H25N2O3S+. The van der Waals surface area contributed by atoms with Crippen LogP contribution in [0.3, 0.4) is 0 Å². The number of aryl methyl sites for hydroxylation is 2. The van der Waals surface area contributed by atoms with Gasteiger partial charge in [0.2, 0.25) is 0 Å². The molecular weight excluding hydrogens is 396 g/mol. The van der Waals surface area contributed by atoms with E-state index in [9.17, 15) is 10.2 Å². The molecule has 0 spiro atoms. The third-order valence-corrected chi connectivity index (χ3v) is 5.15. The number of nitrogens with one attached hydrogen (secondary N) is 1. The number of hydrogen-bond donors (Lipinski definition) is 3. The maximum Gasteiger partial charge on any atom is 0.288 e. The van der Waals surface area contributed by atoms with E-state index in [1.165, 1.54) is 0 Å². The number of aromatic nitrogens is 1. The van der Waals surface area contributed by atoms with Crippen LogP contribution in [0.4, 0.5) is 5.69 Å². The lowest BCUT2D eigenvalue weighted by Gasteiger charge is -2.12. The van der Waals surface area contributed by atoms with E-state index in [1.54, 1.807) is 36.2 Å². The van der Waals surface area contributed by atoms with Crippen molar-refractivity contribution in [2.24, 2.45) is 0 Å². The van der Waals surface area contributed by atoms with Crippen molar-refractivity contribution in [2.45, 2.75) is 20.5 Å². The number of hydrogen-bond acceptors (Lipinski definition) is 4. The molecule has 30 heavy (non-hydrogen) atoms. The molecule has 0 aliphatic rings. The number of nitrogens with zero attached hydrogens (tertiary/aromatic N) is 1. The van der Waals surface area contributed by atoms with Crippen molar-refractivity contribution >= 4 is 34.3 Å². The Kier molecular flexibility index (Phi) is 6.82. The zero-order valence-electron chi connectivity index (χ0n) is 17.2. The van der Waals surface area contributed by atoms with E-state index in [0.29, 0.717) is 27.6 Å². The van der Waals surface area contributed by atoms with Crippen LogP contribution in [-0.2, 0) is 6.61 Å². The van der Waals surface area contributed by atoms with Gasteiger partial charge in [0.1, 0.15) is 5.75 Å².